The minimum absolute atomic E-state index is 0.0100. The molecule has 2 unspecified atom stereocenters. The summed E-state index contributed by atoms with van der Waals surface area (Å²) in [6.45, 7) is 4.30. The third-order valence-electron chi connectivity index (χ3n) is 0.682. The predicted molar refractivity (Wildman–Crippen MR) is 47.0 cm³/mol. The lowest BCUT2D eigenvalue weighted by atomic mass is 11.8. The lowest BCUT2D eigenvalue weighted by Gasteiger charge is -1.82. The molecule has 0 aliphatic rings. The molecule has 0 aromatic rings. The van der Waals surface area contributed by atoms with Gasteiger partial charge in [-0.25, -0.2) is 0 Å². The SMILES string of the molecule is COP(=S)=P(C)=PC. The Hall–Kier alpha value is 1.08. The minimum Gasteiger partial charge on any atom is -0.323 e. The van der Waals surface area contributed by atoms with Gasteiger partial charge in [0, 0.05) is 7.11 Å². The molecule has 8 heavy (non-hydrogen) atoms. The van der Waals surface area contributed by atoms with E-state index < -0.39 is 6.21 Å². The molecule has 0 saturated heterocycles. The predicted octanol–water partition coefficient (Wildman–Crippen LogP) is 3.01. The zero-order valence-electron chi connectivity index (χ0n) is 5.16. The van der Waals surface area contributed by atoms with Crippen LogP contribution in [-0.4, -0.2) is 20.4 Å². The van der Waals surface area contributed by atoms with E-state index in [1.165, 1.54) is 7.87 Å². The largest absolute Gasteiger partial charge is 0.323 e. The van der Waals surface area contributed by atoms with Crippen molar-refractivity contribution in [3.05, 3.63) is 0 Å². The minimum atomic E-state index is -0.504. The van der Waals surface area contributed by atoms with Crippen LogP contribution in [0, 0.1) is 0 Å². The molecule has 5 heteroatoms. The van der Waals surface area contributed by atoms with Crippen molar-refractivity contribution >= 4 is 32.4 Å². The number of hydrogen-bond donors (Lipinski definition) is 0. The molecule has 1 nitrogen and oxygen atoms in total. The molecule has 0 spiro atoms. The van der Waals surface area contributed by atoms with Gasteiger partial charge >= 0.3 is 0 Å². The van der Waals surface area contributed by atoms with Crippen molar-refractivity contribution in [3.63, 3.8) is 0 Å². The van der Waals surface area contributed by atoms with E-state index in [9.17, 15) is 0 Å². The van der Waals surface area contributed by atoms with E-state index in [2.05, 4.69) is 13.3 Å². The Bertz CT molecular complexity index is 185. The van der Waals surface area contributed by atoms with Crippen molar-refractivity contribution in [1.29, 1.82) is 0 Å². The number of hydrogen-bond acceptors (Lipinski definition) is 2. The van der Waals surface area contributed by atoms with Crippen LogP contribution in [0.5, 0.6) is 0 Å². The average molecular weight is 186 g/mol. The fourth-order valence-electron chi connectivity index (χ4n) is 0.191. The summed E-state index contributed by atoms with van der Waals surface area (Å²) in [5.41, 5.74) is 0. The summed E-state index contributed by atoms with van der Waals surface area (Å²) in [6.07, 6.45) is -0.504. The Morgan fingerprint density at radius 3 is 2.25 bits per heavy atom. The maximum absolute atomic E-state index is 5.02. The highest BCUT2D eigenvalue weighted by molar-refractivity contribution is 8.28. The Kier molecular flexibility index (Phi) is 5.58. The second-order valence-corrected chi connectivity index (χ2v) is 12.0. The van der Waals surface area contributed by atoms with Crippen LogP contribution >= 0.6 is 20.6 Å². The molecule has 0 aliphatic heterocycles. The molecule has 0 rings (SSSR count). The third-order valence-corrected chi connectivity index (χ3v) is 12.5. The van der Waals surface area contributed by atoms with Crippen LogP contribution in [0.4, 0.5) is 0 Å². The quantitative estimate of drug-likeness (QED) is 0.582. The van der Waals surface area contributed by atoms with Gasteiger partial charge in [0.05, 0.1) is 0 Å². The van der Waals surface area contributed by atoms with Crippen molar-refractivity contribution in [2.45, 2.75) is 0 Å². The van der Waals surface area contributed by atoms with E-state index in [-0.39, 0.29) is 6.50 Å². The van der Waals surface area contributed by atoms with Gasteiger partial charge in [0.25, 0.3) is 0 Å². The molecule has 0 radical (unpaired) electrons. The van der Waals surface area contributed by atoms with Gasteiger partial charge in [-0.1, -0.05) is 7.87 Å². The van der Waals surface area contributed by atoms with Gasteiger partial charge < -0.3 is 4.52 Å². The van der Waals surface area contributed by atoms with Crippen LogP contribution < -0.4 is 0 Å². The molecule has 0 amide bonds. The third kappa shape index (κ3) is 3.17. The summed E-state index contributed by atoms with van der Waals surface area (Å²) in [4.78, 5) is 0. The van der Waals surface area contributed by atoms with Crippen LogP contribution in [0.3, 0.4) is 0 Å². The first kappa shape index (κ1) is 9.08. The lowest BCUT2D eigenvalue weighted by molar-refractivity contribution is 0.485. The maximum atomic E-state index is 5.02. The van der Waals surface area contributed by atoms with Crippen molar-refractivity contribution in [2.75, 3.05) is 20.4 Å². The summed E-state index contributed by atoms with van der Waals surface area (Å²) < 4.78 is 5.00. The van der Waals surface area contributed by atoms with E-state index in [1.807, 2.05) is 0 Å². The van der Waals surface area contributed by atoms with Gasteiger partial charge in [-0.2, -0.15) is 0 Å². The monoisotopic (exact) mass is 186 g/mol. The van der Waals surface area contributed by atoms with Crippen LogP contribution in [0.15, 0.2) is 0 Å². The van der Waals surface area contributed by atoms with Crippen molar-refractivity contribution in [3.8, 4) is 0 Å². The van der Waals surface area contributed by atoms with E-state index in [0.717, 1.165) is 0 Å². The highest BCUT2D eigenvalue weighted by Crippen LogP contribution is 2.35. The Morgan fingerprint density at radius 1 is 1.62 bits per heavy atom. The van der Waals surface area contributed by atoms with Gasteiger partial charge in [0.1, 0.15) is 6.21 Å². The number of rotatable bonds is 1. The van der Waals surface area contributed by atoms with Crippen LogP contribution in [-0.2, 0) is 16.3 Å². The van der Waals surface area contributed by atoms with E-state index in [0.29, 0.717) is 0 Å². The summed E-state index contributed by atoms with van der Waals surface area (Å²) in [6, 6.07) is 0. The van der Waals surface area contributed by atoms with E-state index >= 15 is 0 Å². The Labute approximate surface area is 57.8 Å². The molecule has 0 heterocycles. The zero-order chi connectivity index (χ0) is 6.57. The maximum Gasteiger partial charge on any atom is 0.101 e. The highest BCUT2D eigenvalue weighted by Gasteiger charge is 1.72. The van der Waals surface area contributed by atoms with E-state index in [1.54, 1.807) is 7.11 Å². The smallest absolute Gasteiger partial charge is 0.101 e. The molecular weight excluding hydrogens is 177 g/mol. The average Bonchev–Trinajstić information content (AvgIpc) is 1.84. The molecule has 0 bridgehead atoms. The topological polar surface area (TPSA) is 9.23 Å². The van der Waals surface area contributed by atoms with Gasteiger partial charge in [0.15, 0.2) is 0 Å². The Morgan fingerprint density at radius 2 is 2.12 bits per heavy atom. The zero-order valence-corrected chi connectivity index (χ0v) is 8.66. The summed E-state index contributed by atoms with van der Waals surface area (Å²) in [7, 11) is 3.10. The van der Waals surface area contributed by atoms with Crippen molar-refractivity contribution in [2.24, 2.45) is 0 Å². The molecule has 0 aromatic carbocycles. The normalized spacial score (nSPS) is 13.9. The van der Waals surface area contributed by atoms with Crippen LogP contribution in [0.2, 0.25) is 0 Å². The molecule has 0 aromatic heterocycles. The van der Waals surface area contributed by atoms with Gasteiger partial charge in [-0.15, -0.1) is 0 Å². The molecule has 48 valence electrons. The van der Waals surface area contributed by atoms with Crippen LogP contribution in [0.1, 0.15) is 0 Å². The molecule has 0 N–H and O–H groups in total. The van der Waals surface area contributed by atoms with E-state index in [4.69, 9.17) is 16.3 Å². The molecule has 0 aliphatic carbocycles. The highest BCUT2D eigenvalue weighted by atomic mass is 32.5. The fraction of sp³-hybridized carbons (Fsp3) is 1.00. The van der Waals surface area contributed by atoms with Gasteiger partial charge in [0.2, 0.25) is 0 Å². The molecule has 0 fully saturated rings. The van der Waals surface area contributed by atoms with Gasteiger partial charge in [-0.3, -0.25) is 0 Å². The molecular formula is C3H9OP3S. The summed E-state index contributed by atoms with van der Waals surface area (Å²) in [5.74, 6) is 0. The second-order valence-electron chi connectivity index (χ2n) is 1.11. The summed E-state index contributed by atoms with van der Waals surface area (Å²) in [5, 5.41) is 0. The summed E-state index contributed by atoms with van der Waals surface area (Å²) >= 11 is 5.02. The lowest BCUT2D eigenvalue weighted by Crippen LogP contribution is -1.48. The standard InChI is InChI=1S/C3H9OP3S/c1-4-7(8)6(3)5-2/h1-3H3. The van der Waals surface area contributed by atoms with Crippen molar-refractivity contribution in [1.82, 2.24) is 0 Å². The first-order valence-electron chi connectivity index (χ1n) is 2.07. The molecule has 2 atom stereocenters. The first-order chi connectivity index (χ1) is 3.72. The second kappa shape index (κ2) is 4.91. The molecule has 0 saturated carbocycles. The van der Waals surface area contributed by atoms with Crippen LogP contribution in [0.25, 0.3) is 0 Å². The Balaban J connectivity index is 4.57. The van der Waals surface area contributed by atoms with Gasteiger partial charge in [-0.05, 0) is 31.6 Å². The fourth-order valence-corrected chi connectivity index (χ4v) is 5.66. The first-order valence-corrected chi connectivity index (χ1v) is 8.88. The van der Waals surface area contributed by atoms with Crippen molar-refractivity contribution < 1.29 is 4.52 Å².